The second kappa shape index (κ2) is 7.89. The standard InChI is InChI=1S/C25H19FN10/c26-15-3-1-13(2-4-15)21-23-18(5-6-29-21)32-25(33-23)22-17-7-14(8-30-24(17)35-34-22)19-9-28-10-20(31-19)36-11-16(27)12-36/h1-10,16H,11-12,27H2,(H,32,33)(H,30,34,35). The smallest absolute Gasteiger partial charge is 0.159 e. The summed E-state index contributed by atoms with van der Waals surface area (Å²) in [5.74, 6) is 1.06. The van der Waals surface area contributed by atoms with Crippen LogP contribution in [0.25, 0.3) is 56.1 Å². The van der Waals surface area contributed by atoms with Crippen LogP contribution in [-0.2, 0) is 0 Å². The molecule has 1 aliphatic heterocycles. The van der Waals surface area contributed by atoms with Crippen LogP contribution in [-0.4, -0.2) is 59.2 Å². The monoisotopic (exact) mass is 478 g/mol. The number of nitrogens with zero attached hydrogens (tertiary/aromatic N) is 7. The van der Waals surface area contributed by atoms with Gasteiger partial charge in [-0.3, -0.25) is 15.1 Å². The third kappa shape index (κ3) is 3.36. The molecule has 4 N–H and O–H groups in total. The predicted octanol–water partition coefficient (Wildman–Crippen LogP) is 3.31. The predicted molar refractivity (Wildman–Crippen MR) is 133 cm³/mol. The van der Waals surface area contributed by atoms with E-state index in [1.165, 1.54) is 12.1 Å². The second-order valence-electron chi connectivity index (χ2n) is 8.77. The average molecular weight is 478 g/mol. The summed E-state index contributed by atoms with van der Waals surface area (Å²) in [5, 5.41) is 8.25. The van der Waals surface area contributed by atoms with Crippen LogP contribution in [0.4, 0.5) is 10.2 Å². The van der Waals surface area contributed by atoms with Gasteiger partial charge in [-0.25, -0.2) is 19.3 Å². The summed E-state index contributed by atoms with van der Waals surface area (Å²) in [7, 11) is 0. The lowest BCUT2D eigenvalue weighted by atomic mass is 10.1. The molecular weight excluding hydrogens is 459 g/mol. The van der Waals surface area contributed by atoms with Gasteiger partial charge in [-0.2, -0.15) is 5.10 Å². The lowest BCUT2D eigenvalue weighted by molar-refractivity contribution is 0.514. The van der Waals surface area contributed by atoms with Gasteiger partial charge < -0.3 is 15.6 Å². The molecule has 0 aliphatic carbocycles. The summed E-state index contributed by atoms with van der Waals surface area (Å²) in [6.07, 6.45) is 6.90. The molecule has 0 saturated carbocycles. The Bertz CT molecular complexity index is 1730. The molecule has 10 nitrogen and oxygen atoms in total. The van der Waals surface area contributed by atoms with Crippen molar-refractivity contribution in [2.45, 2.75) is 6.04 Å². The highest BCUT2D eigenvalue weighted by Crippen LogP contribution is 2.31. The SMILES string of the molecule is NC1CN(c2cncc(-c3cnc4[nH]nc(-c5nc6c(-c7ccc(F)cc7)nccc6[nH]5)c4c3)n2)C1. The topological polar surface area (TPSA) is 138 Å². The molecule has 6 heterocycles. The van der Waals surface area contributed by atoms with E-state index in [1.54, 1.807) is 36.9 Å². The molecule has 0 spiro atoms. The number of hydrogen-bond acceptors (Lipinski definition) is 8. The summed E-state index contributed by atoms with van der Waals surface area (Å²) >= 11 is 0. The van der Waals surface area contributed by atoms with E-state index < -0.39 is 0 Å². The molecule has 0 bridgehead atoms. The van der Waals surface area contributed by atoms with Crippen molar-refractivity contribution in [2.75, 3.05) is 18.0 Å². The van der Waals surface area contributed by atoms with Crippen molar-refractivity contribution in [3.8, 4) is 34.0 Å². The van der Waals surface area contributed by atoms with Crippen LogP contribution < -0.4 is 10.6 Å². The quantitative estimate of drug-likeness (QED) is 0.351. The van der Waals surface area contributed by atoms with E-state index in [0.29, 0.717) is 34.1 Å². The molecule has 1 saturated heterocycles. The van der Waals surface area contributed by atoms with Gasteiger partial charge in [0.05, 0.1) is 34.7 Å². The molecule has 5 aromatic heterocycles. The van der Waals surface area contributed by atoms with Gasteiger partial charge in [0.2, 0.25) is 0 Å². The maximum atomic E-state index is 13.4. The molecule has 36 heavy (non-hydrogen) atoms. The summed E-state index contributed by atoms with van der Waals surface area (Å²) in [6.45, 7) is 1.53. The number of hydrogen-bond donors (Lipinski definition) is 3. The van der Waals surface area contributed by atoms with E-state index >= 15 is 0 Å². The van der Waals surface area contributed by atoms with Crippen molar-refractivity contribution in [3.63, 3.8) is 0 Å². The molecular formula is C25H19FN10. The Balaban J connectivity index is 1.30. The largest absolute Gasteiger partial charge is 0.352 e. The van der Waals surface area contributed by atoms with E-state index in [9.17, 15) is 4.39 Å². The van der Waals surface area contributed by atoms with E-state index in [4.69, 9.17) is 15.7 Å². The number of H-pyrrole nitrogens is 2. The van der Waals surface area contributed by atoms with Gasteiger partial charge >= 0.3 is 0 Å². The first-order valence-electron chi connectivity index (χ1n) is 11.4. The van der Waals surface area contributed by atoms with Crippen molar-refractivity contribution >= 4 is 27.9 Å². The average Bonchev–Trinajstić information content (AvgIpc) is 3.51. The van der Waals surface area contributed by atoms with Crippen LogP contribution in [0, 0.1) is 5.82 Å². The number of aromatic amines is 2. The number of halogens is 1. The molecule has 1 aromatic carbocycles. The van der Waals surface area contributed by atoms with Crippen LogP contribution >= 0.6 is 0 Å². The minimum atomic E-state index is -0.302. The zero-order chi connectivity index (χ0) is 24.2. The van der Waals surface area contributed by atoms with Crippen LogP contribution in [0.15, 0.2) is 61.2 Å². The highest BCUT2D eigenvalue weighted by molar-refractivity contribution is 5.96. The third-order valence-electron chi connectivity index (χ3n) is 6.31. The number of benzene rings is 1. The first kappa shape index (κ1) is 20.6. The Morgan fingerprint density at radius 2 is 1.81 bits per heavy atom. The Morgan fingerprint density at radius 1 is 0.944 bits per heavy atom. The maximum Gasteiger partial charge on any atom is 0.159 e. The Labute approximate surface area is 203 Å². The molecule has 1 aliphatic rings. The van der Waals surface area contributed by atoms with Crippen LogP contribution in [0.5, 0.6) is 0 Å². The zero-order valence-electron chi connectivity index (χ0n) is 18.9. The Morgan fingerprint density at radius 3 is 2.64 bits per heavy atom. The van der Waals surface area contributed by atoms with Crippen LogP contribution in [0.3, 0.4) is 0 Å². The normalized spacial score (nSPS) is 14.0. The number of nitrogens with one attached hydrogen (secondary N) is 2. The van der Waals surface area contributed by atoms with Crippen LogP contribution in [0.2, 0.25) is 0 Å². The van der Waals surface area contributed by atoms with Gasteiger partial charge in [0.25, 0.3) is 0 Å². The molecule has 1 fully saturated rings. The fraction of sp³-hybridized carbons (Fsp3) is 0.120. The molecule has 6 aromatic rings. The molecule has 0 amide bonds. The highest BCUT2D eigenvalue weighted by Gasteiger charge is 2.25. The minimum Gasteiger partial charge on any atom is -0.352 e. The van der Waals surface area contributed by atoms with Crippen molar-refractivity contribution in [2.24, 2.45) is 5.73 Å². The number of pyridine rings is 2. The number of nitrogens with two attached hydrogens (primary N) is 1. The number of fused-ring (bicyclic) bond motifs is 2. The number of aromatic nitrogens is 8. The fourth-order valence-corrected chi connectivity index (χ4v) is 4.44. The van der Waals surface area contributed by atoms with Gasteiger partial charge in [0.1, 0.15) is 22.8 Å². The summed E-state index contributed by atoms with van der Waals surface area (Å²) in [6, 6.07) is 10.2. The van der Waals surface area contributed by atoms with Crippen molar-refractivity contribution < 1.29 is 4.39 Å². The second-order valence-corrected chi connectivity index (χ2v) is 8.77. The van der Waals surface area contributed by atoms with Gasteiger partial charge in [0.15, 0.2) is 11.5 Å². The van der Waals surface area contributed by atoms with Gasteiger partial charge in [0, 0.05) is 42.7 Å². The fourth-order valence-electron chi connectivity index (χ4n) is 4.44. The lowest BCUT2D eigenvalue weighted by Gasteiger charge is -2.37. The van der Waals surface area contributed by atoms with E-state index in [0.717, 1.165) is 40.9 Å². The lowest BCUT2D eigenvalue weighted by Crippen LogP contribution is -2.56. The number of anilines is 1. The summed E-state index contributed by atoms with van der Waals surface area (Å²) in [5.41, 5.74) is 11.6. The molecule has 7 rings (SSSR count). The molecule has 176 valence electrons. The molecule has 11 heteroatoms. The number of imidazole rings is 1. The maximum absolute atomic E-state index is 13.4. The molecule has 0 radical (unpaired) electrons. The molecule has 0 unspecified atom stereocenters. The van der Waals surface area contributed by atoms with E-state index in [2.05, 4.69) is 35.0 Å². The summed E-state index contributed by atoms with van der Waals surface area (Å²) < 4.78 is 13.4. The number of rotatable bonds is 4. The van der Waals surface area contributed by atoms with Gasteiger partial charge in [-0.05, 0) is 36.4 Å². The van der Waals surface area contributed by atoms with Gasteiger partial charge in [-0.1, -0.05) is 0 Å². The zero-order valence-corrected chi connectivity index (χ0v) is 18.9. The van der Waals surface area contributed by atoms with Crippen molar-refractivity contribution in [1.29, 1.82) is 0 Å². The Kier molecular flexibility index (Phi) is 4.51. The van der Waals surface area contributed by atoms with Crippen molar-refractivity contribution in [3.05, 3.63) is 67.0 Å². The van der Waals surface area contributed by atoms with Crippen LogP contribution in [0.1, 0.15) is 0 Å². The summed E-state index contributed by atoms with van der Waals surface area (Å²) in [4.78, 5) is 28.4. The van der Waals surface area contributed by atoms with E-state index in [-0.39, 0.29) is 11.9 Å². The van der Waals surface area contributed by atoms with E-state index in [1.807, 2.05) is 12.1 Å². The minimum absolute atomic E-state index is 0.171. The molecule has 0 atom stereocenters. The highest BCUT2D eigenvalue weighted by atomic mass is 19.1. The Hall–Kier alpha value is -4.77. The first-order valence-corrected chi connectivity index (χ1v) is 11.4. The van der Waals surface area contributed by atoms with Crippen molar-refractivity contribution in [1.82, 2.24) is 40.1 Å². The van der Waals surface area contributed by atoms with Gasteiger partial charge in [-0.15, -0.1) is 0 Å². The first-order chi connectivity index (χ1) is 17.6. The third-order valence-corrected chi connectivity index (χ3v) is 6.31.